The Morgan fingerprint density at radius 3 is 2.59 bits per heavy atom. The Bertz CT molecular complexity index is 948. The first-order chi connectivity index (χ1) is 12.7. The van der Waals surface area contributed by atoms with Crippen LogP contribution in [0.5, 0.6) is 5.75 Å². The molecule has 2 N–H and O–H groups in total. The molecule has 1 atom stereocenters. The number of para-hydroxylation sites is 1. The highest BCUT2D eigenvalue weighted by molar-refractivity contribution is 7.89. The first kappa shape index (κ1) is 19.4. The van der Waals surface area contributed by atoms with Gasteiger partial charge in [-0.25, -0.2) is 13.1 Å². The molecule has 0 spiro atoms. The molecule has 1 aliphatic rings. The number of fused-ring (bicyclic) bond motifs is 1. The van der Waals surface area contributed by atoms with E-state index >= 15 is 0 Å². The molecule has 0 radical (unpaired) electrons. The fourth-order valence-electron chi connectivity index (χ4n) is 3.00. The summed E-state index contributed by atoms with van der Waals surface area (Å²) in [6.07, 6.45) is 0.659. The van der Waals surface area contributed by atoms with E-state index in [-0.39, 0.29) is 16.8 Å². The van der Waals surface area contributed by atoms with Crippen LogP contribution in [-0.2, 0) is 10.0 Å². The Labute approximate surface area is 160 Å². The number of ether oxygens (including phenoxy) is 1. The molecule has 1 heterocycles. The van der Waals surface area contributed by atoms with Crippen LogP contribution >= 0.6 is 0 Å². The molecule has 3 rings (SSSR count). The maximum atomic E-state index is 12.7. The van der Waals surface area contributed by atoms with Crippen LogP contribution in [0.25, 0.3) is 0 Å². The lowest BCUT2D eigenvalue weighted by molar-refractivity contribution is 0.0924. The number of hydrogen-bond acceptors (Lipinski definition) is 4. The van der Waals surface area contributed by atoms with Crippen molar-refractivity contribution in [3.8, 4) is 5.75 Å². The van der Waals surface area contributed by atoms with Crippen molar-refractivity contribution in [2.45, 2.75) is 43.7 Å². The van der Waals surface area contributed by atoms with Crippen LogP contribution in [0.2, 0.25) is 0 Å². The molecule has 2 aromatic carbocycles. The Morgan fingerprint density at radius 1 is 1.11 bits per heavy atom. The molecule has 0 bridgehead atoms. The van der Waals surface area contributed by atoms with Crippen LogP contribution in [0.1, 0.15) is 49.2 Å². The molecule has 1 amide bonds. The molecule has 6 nitrogen and oxygen atoms in total. The summed E-state index contributed by atoms with van der Waals surface area (Å²) in [6, 6.07) is 13.5. The zero-order valence-corrected chi connectivity index (χ0v) is 16.5. The van der Waals surface area contributed by atoms with Crippen molar-refractivity contribution in [3.05, 3.63) is 59.7 Å². The minimum Gasteiger partial charge on any atom is -0.493 e. The molecule has 0 aromatic heterocycles. The van der Waals surface area contributed by atoms with Gasteiger partial charge in [0.15, 0.2) is 0 Å². The highest BCUT2D eigenvalue weighted by Gasteiger charge is 2.25. The first-order valence-electron chi connectivity index (χ1n) is 8.82. The number of rotatable bonds is 4. The molecule has 2 aromatic rings. The van der Waals surface area contributed by atoms with Crippen LogP contribution in [-0.4, -0.2) is 26.5 Å². The number of amides is 1. The lowest BCUT2D eigenvalue weighted by Crippen LogP contribution is -2.40. The third-order valence-corrected chi connectivity index (χ3v) is 5.87. The highest BCUT2D eigenvalue weighted by Crippen LogP contribution is 2.31. The van der Waals surface area contributed by atoms with Gasteiger partial charge in [-0.1, -0.05) is 24.3 Å². The van der Waals surface area contributed by atoms with E-state index in [0.29, 0.717) is 18.6 Å². The number of sulfonamides is 1. The number of carbonyl (C=O) groups excluding carboxylic acids is 1. The van der Waals surface area contributed by atoms with Gasteiger partial charge in [0, 0.05) is 23.1 Å². The smallest absolute Gasteiger partial charge is 0.251 e. The van der Waals surface area contributed by atoms with E-state index in [1.807, 2.05) is 24.3 Å². The van der Waals surface area contributed by atoms with Crippen molar-refractivity contribution >= 4 is 15.9 Å². The zero-order valence-electron chi connectivity index (χ0n) is 15.7. The van der Waals surface area contributed by atoms with Crippen LogP contribution in [0, 0.1) is 0 Å². The van der Waals surface area contributed by atoms with Crippen molar-refractivity contribution in [2.24, 2.45) is 0 Å². The van der Waals surface area contributed by atoms with Crippen molar-refractivity contribution in [3.63, 3.8) is 0 Å². The minimum absolute atomic E-state index is 0.0671. The zero-order chi connectivity index (χ0) is 19.7. The van der Waals surface area contributed by atoms with Crippen LogP contribution < -0.4 is 14.8 Å². The van der Waals surface area contributed by atoms with Crippen LogP contribution in [0.3, 0.4) is 0 Å². The molecule has 27 heavy (non-hydrogen) atoms. The summed E-state index contributed by atoms with van der Waals surface area (Å²) in [5.41, 5.74) is 0.620. The number of benzene rings is 2. The molecule has 0 saturated heterocycles. The predicted octanol–water partition coefficient (Wildman–Crippen LogP) is 3.02. The van der Waals surface area contributed by atoms with Crippen LogP contribution in [0.15, 0.2) is 53.4 Å². The average molecular weight is 388 g/mol. The van der Waals surface area contributed by atoms with Gasteiger partial charge in [-0.2, -0.15) is 0 Å². The van der Waals surface area contributed by atoms with E-state index in [4.69, 9.17) is 4.74 Å². The van der Waals surface area contributed by atoms with E-state index in [1.165, 1.54) is 12.1 Å². The third-order valence-electron chi connectivity index (χ3n) is 4.11. The van der Waals surface area contributed by atoms with Gasteiger partial charge in [-0.3, -0.25) is 4.79 Å². The summed E-state index contributed by atoms with van der Waals surface area (Å²) in [5, 5.41) is 2.98. The Kier molecular flexibility index (Phi) is 5.26. The van der Waals surface area contributed by atoms with Gasteiger partial charge in [0.2, 0.25) is 10.0 Å². The van der Waals surface area contributed by atoms with Gasteiger partial charge in [0.1, 0.15) is 5.75 Å². The largest absolute Gasteiger partial charge is 0.493 e. The van der Waals surface area contributed by atoms with Crippen molar-refractivity contribution in [1.29, 1.82) is 0 Å². The van der Waals surface area contributed by atoms with E-state index < -0.39 is 15.6 Å². The molecule has 0 fully saturated rings. The molecule has 0 aliphatic carbocycles. The SMILES string of the molecule is CC(C)(C)NS(=O)(=O)c1cccc(C(=O)NC2CCOc3ccccc32)c1. The van der Waals surface area contributed by atoms with E-state index in [9.17, 15) is 13.2 Å². The van der Waals surface area contributed by atoms with Crippen molar-refractivity contribution in [1.82, 2.24) is 10.0 Å². The number of hydrogen-bond donors (Lipinski definition) is 2. The lowest BCUT2D eigenvalue weighted by Gasteiger charge is -2.26. The van der Waals surface area contributed by atoms with Gasteiger partial charge in [0.05, 0.1) is 17.5 Å². The normalized spacial score (nSPS) is 16.9. The average Bonchev–Trinajstić information content (AvgIpc) is 2.60. The fourth-order valence-corrected chi connectivity index (χ4v) is 4.46. The van der Waals surface area contributed by atoms with Gasteiger partial charge >= 0.3 is 0 Å². The summed E-state index contributed by atoms with van der Waals surface area (Å²) < 4.78 is 33.2. The predicted molar refractivity (Wildman–Crippen MR) is 103 cm³/mol. The molecular formula is C20H24N2O4S. The van der Waals surface area contributed by atoms with Crippen LogP contribution in [0.4, 0.5) is 0 Å². The number of carbonyl (C=O) groups is 1. The van der Waals surface area contributed by atoms with Gasteiger partial charge in [0.25, 0.3) is 5.91 Å². The Balaban J connectivity index is 1.81. The first-order valence-corrected chi connectivity index (χ1v) is 10.3. The summed E-state index contributed by atoms with van der Waals surface area (Å²) in [7, 11) is -3.71. The Morgan fingerprint density at radius 2 is 1.85 bits per heavy atom. The van der Waals surface area contributed by atoms with Gasteiger partial charge < -0.3 is 10.1 Å². The number of nitrogens with one attached hydrogen (secondary N) is 2. The monoisotopic (exact) mass is 388 g/mol. The molecule has 1 aliphatic heterocycles. The third kappa shape index (κ3) is 4.67. The van der Waals surface area contributed by atoms with Crippen molar-refractivity contribution < 1.29 is 17.9 Å². The highest BCUT2D eigenvalue weighted by atomic mass is 32.2. The molecule has 0 saturated carbocycles. The molecular weight excluding hydrogens is 364 g/mol. The summed E-state index contributed by atoms with van der Waals surface area (Å²) in [4.78, 5) is 12.8. The van der Waals surface area contributed by atoms with Gasteiger partial charge in [-0.05, 0) is 45.0 Å². The second-order valence-electron chi connectivity index (χ2n) is 7.58. The van der Waals surface area contributed by atoms with Gasteiger partial charge in [-0.15, -0.1) is 0 Å². The van der Waals surface area contributed by atoms with Crippen molar-refractivity contribution in [2.75, 3.05) is 6.61 Å². The summed E-state index contributed by atoms with van der Waals surface area (Å²) in [6.45, 7) is 5.82. The fraction of sp³-hybridized carbons (Fsp3) is 0.350. The van der Waals surface area contributed by atoms with E-state index in [1.54, 1.807) is 32.9 Å². The topological polar surface area (TPSA) is 84.5 Å². The minimum atomic E-state index is -3.71. The quantitative estimate of drug-likeness (QED) is 0.843. The maximum absolute atomic E-state index is 12.7. The second-order valence-corrected chi connectivity index (χ2v) is 9.27. The maximum Gasteiger partial charge on any atom is 0.251 e. The molecule has 1 unspecified atom stereocenters. The van der Waals surface area contributed by atoms with E-state index in [2.05, 4.69) is 10.0 Å². The van der Waals surface area contributed by atoms with E-state index in [0.717, 1.165) is 11.3 Å². The second kappa shape index (κ2) is 7.32. The Hall–Kier alpha value is -2.38. The standard InChI is InChI=1S/C20H24N2O4S/c1-20(2,3)22-27(24,25)15-8-6-7-14(13-15)19(23)21-17-11-12-26-18-10-5-4-9-16(17)18/h4-10,13,17,22H,11-12H2,1-3H3,(H,21,23). The lowest BCUT2D eigenvalue weighted by atomic mass is 10.00. The molecule has 7 heteroatoms. The molecule has 144 valence electrons. The summed E-state index contributed by atoms with van der Waals surface area (Å²) in [5.74, 6) is 0.448. The summed E-state index contributed by atoms with van der Waals surface area (Å²) >= 11 is 0.